The highest BCUT2D eigenvalue weighted by molar-refractivity contribution is 7.13. The van der Waals surface area contributed by atoms with Gasteiger partial charge in [-0.3, -0.25) is 4.79 Å². The number of benzene rings is 1. The Morgan fingerprint density at radius 2 is 1.95 bits per heavy atom. The number of amides is 1. The Labute approximate surface area is 133 Å². The molecular weight excluding hydrogens is 300 g/mol. The van der Waals surface area contributed by atoms with Crippen LogP contribution in [-0.4, -0.2) is 28.0 Å². The number of aryl methyl sites for hydroxylation is 1. The number of nitrogens with zero attached hydrogens (tertiary/aromatic N) is 1. The zero-order valence-corrected chi connectivity index (χ0v) is 13.5. The van der Waals surface area contributed by atoms with Crippen molar-refractivity contribution < 1.29 is 14.7 Å². The minimum absolute atomic E-state index is 0.198. The highest BCUT2D eigenvalue weighted by Gasteiger charge is 2.25. The van der Waals surface area contributed by atoms with Crippen LogP contribution in [0.5, 0.6) is 0 Å². The van der Waals surface area contributed by atoms with Gasteiger partial charge < -0.3 is 10.4 Å². The smallest absolute Gasteiger partial charge is 0.326 e. The summed E-state index contributed by atoms with van der Waals surface area (Å²) in [7, 11) is 0. The van der Waals surface area contributed by atoms with E-state index in [2.05, 4.69) is 10.3 Å². The first-order chi connectivity index (χ1) is 10.4. The van der Waals surface area contributed by atoms with Crippen molar-refractivity contribution in [2.24, 2.45) is 5.92 Å². The molecule has 2 N–H and O–H groups in total. The summed E-state index contributed by atoms with van der Waals surface area (Å²) in [4.78, 5) is 27.6. The number of thiazole rings is 1. The molecule has 0 bridgehead atoms. The molecule has 22 heavy (non-hydrogen) atoms. The minimum Gasteiger partial charge on any atom is -0.480 e. The van der Waals surface area contributed by atoms with Crippen molar-refractivity contribution in [1.29, 1.82) is 0 Å². The van der Waals surface area contributed by atoms with E-state index in [4.69, 9.17) is 5.11 Å². The summed E-state index contributed by atoms with van der Waals surface area (Å²) in [6, 6.07) is 6.87. The summed E-state index contributed by atoms with van der Waals surface area (Å²) in [6.45, 7) is 5.48. The van der Waals surface area contributed by atoms with Gasteiger partial charge in [0, 0.05) is 10.9 Å². The molecule has 0 radical (unpaired) electrons. The molecule has 6 heteroatoms. The van der Waals surface area contributed by atoms with Crippen LogP contribution in [0.15, 0.2) is 29.6 Å². The predicted octanol–water partition coefficient (Wildman–Crippen LogP) is 2.96. The molecule has 1 aromatic heterocycles. The predicted molar refractivity (Wildman–Crippen MR) is 86.0 cm³/mol. The molecule has 0 saturated heterocycles. The molecule has 0 aliphatic heterocycles. The van der Waals surface area contributed by atoms with E-state index in [1.54, 1.807) is 19.2 Å². The van der Waals surface area contributed by atoms with Crippen LogP contribution in [0.4, 0.5) is 0 Å². The third-order valence-corrected chi connectivity index (χ3v) is 4.21. The zero-order chi connectivity index (χ0) is 16.3. The Morgan fingerprint density at radius 1 is 1.27 bits per heavy atom. The number of hydrogen-bond donors (Lipinski definition) is 2. The lowest BCUT2D eigenvalue weighted by atomic mass is 10.0. The maximum Gasteiger partial charge on any atom is 0.326 e. The first-order valence-electron chi connectivity index (χ1n) is 6.95. The number of aliphatic carboxylic acids is 1. The molecule has 5 nitrogen and oxygen atoms in total. The lowest BCUT2D eigenvalue weighted by Crippen LogP contribution is -2.44. The van der Waals surface area contributed by atoms with Gasteiger partial charge in [-0.25, -0.2) is 9.78 Å². The first-order valence-corrected chi connectivity index (χ1v) is 7.83. The van der Waals surface area contributed by atoms with Crippen LogP contribution in [0.3, 0.4) is 0 Å². The molecule has 116 valence electrons. The van der Waals surface area contributed by atoms with Gasteiger partial charge in [-0.2, -0.15) is 0 Å². The van der Waals surface area contributed by atoms with E-state index in [9.17, 15) is 9.59 Å². The van der Waals surface area contributed by atoms with E-state index in [1.807, 2.05) is 31.2 Å². The monoisotopic (exact) mass is 318 g/mol. The molecule has 1 aromatic carbocycles. The highest BCUT2D eigenvalue weighted by atomic mass is 32.1. The van der Waals surface area contributed by atoms with Gasteiger partial charge in [0.15, 0.2) is 0 Å². The summed E-state index contributed by atoms with van der Waals surface area (Å²) in [5.74, 6) is -1.70. The fourth-order valence-corrected chi connectivity index (χ4v) is 2.93. The minimum atomic E-state index is -1.04. The van der Waals surface area contributed by atoms with E-state index in [0.717, 1.165) is 16.1 Å². The van der Waals surface area contributed by atoms with Crippen LogP contribution in [0, 0.1) is 12.8 Å². The third kappa shape index (κ3) is 3.51. The van der Waals surface area contributed by atoms with E-state index in [-0.39, 0.29) is 11.6 Å². The Kier molecular flexibility index (Phi) is 4.92. The van der Waals surface area contributed by atoms with Crippen molar-refractivity contribution in [3.8, 4) is 10.6 Å². The van der Waals surface area contributed by atoms with Crippen LogP contribution < -0.4 is 5.32 Å². The molecule has 0 fully saturated rings. The van der Waals surface area contributed by atoms with Crippen LogP contribution in [-0.2, 0) is 4.79 Å². The van der Waals surface area contributed by atoms with Crippen molar-refractivity contribution in [1.82, 2.24) is 10.3 Å². The second-order valence-electron chi connectivity index (χ2n) is 5.39. The second-order valence-corrected chi connectivity index (χ2v) is 6.24. The first kappa shape index (κ1) is 16.2. The number of aromatic nitrogens is 1. The number of carboxylic acids is 1. The highest BCUT2D eigenvalue weighted by Crippen LogP contribution is 2.26. The van der Waals surface area contributed by atoms with Gasteiger partial charge in [0.1, 0.15) is 16.7 Å². The lowest BCUT2D eigenvalue weighted by Gasteiger charge is -2.16. The normalized spacial score (nSPS) is 12.2. The molecule has 0 unspecified atom stereocenters. The van der Waals surface area contributed by atoms with Crippen molar-refractivity contribution in [3.63, 3.8) is 0 Å². The summed E-state index contributed by atoms with van der Waals surface area (Å²) < 4.78 is 0. The van der Waals surface area contributed by atoms with Crippen LogP contribution >= 0.6 is 11.3 Å². The van der Waals surface area contributed by atoms with Gasteiger partial charge in [-0.1, -0.05) is 38.1 Å². The van der Waals surface area contributed by atoms with E-state index in [1.165, 1.54) is 11.3 Å². The zero-order valence-electron chi connectivity index (χ0n) is 12.7. The Bertz CT molecular complexity index is 694. The van der Waals surface area contributed by atoms with E-state index in [0.29, 0.717) is 0 Å². The molecule has 1 atom stereocenters. The van der Waals surface area contributed by atoms with Crippen LogP contribution in [0.1, 0.15) is 29.9 Å². The van der Waals surface area contributed by atoms with Crippen LogP contribution in [0.2, 0.25) is 0 Å². The standard InChI is InChI=1S/C16H18N2O3S/c1-9(2)13(16(20)21)18-14(19)12-8-22-15(17-12)11-7-5-4-6-10(11)3/h4-9,13H,1-3H3,(H,18,19)(H,20,21)/t13-/m1/s1. The number of rotatable bonds is 5. The van der Waals surface area contributed by atoms with Gasteiger partial charge in [-0.05, 0) is 18.4 Å². The topological polar surface area (TPSA) is 79.3 Å². The van der Waals surface area contributed by atoms with Crippen molar-refractivity contribution >= 4 is 23.2 Å². The summed E-state index contributed by atoms with van der Waals surface area (Å²) in [5, 5.41) is 14.0. The molecule has 1 heterocycles. The maximum atomic E-state index is 12.2. The molecule has 0 spiro atoms. The Morgan fingerprint density at radius 3 is 2.55 bits per heavy atom. The number of carbonyl (C=O) groups is 2. The summed E-state index contributed by atoms with van der Waals surface area (Å²) in [6.07, 6.45) is 0. The third-order valence-electron chi connectivity index (χ3n) is 3.33. The largest absolute Gasteiger partial charge is 0.480 e. The SMILES string of the molecule is Cc1ccccc1-c1nc(C(=O)N[C@@H](C(=O)O)C(C)C)cs1. The fourth-order valence-electron chi connectivity index (χ4n) is 2.04. The number of nitrogens with one attached hydrogen (secondary N) is 1. The second kappa shape index (κ2) is 6.70. The van der Waals surface area contributed by atoms with Crippen molar-refractivity contribution in [2.45, 2.75) is 26.8 Å². The fraction of sp³-hybridized carbons (Fsp3) is 0.312. The Balaban J connectivity index is 2.19. The van der Waals surface area contributed by atoms with Crippen LogP contribution in [0.25, 0.3) is 10.6 Å². The summed E-state index contributed by atoms with van der Waals surface area (Å²) >= 11 is 1.37. The molecule has 2 aromatic rings. The van der Waals surface area contributed by atoms with E-state index < -0.39 is 17.9 Å². The average Bonchev–Trinajstić information content (AvgIpc) is 2.94. The van der Waals surface area contributed by atoms with Gasteiger partial charge in [0.2, 0.25) is 0 Å². The van der Waals surface area contributed by atoms with Gasteiger partial charge in [-0.15, -0.1) is 11.3 Å². The molecule has 0 saturated carbocycles. The van der Waals surface area contributed by atoms with E-state index >= 15 is 0 Å². The molecule has 1 amide bonds. The quantitative estimate of drug-likeness (QED) is 0.888. The molecule has 0 aliphatic carbocycles. The number of hydrogen-bond acceptors (Lipinski definition) is 4. The molecule has 2 rings (SSSR count). The molecule has 0 aliphatic rings. The number of carbonyl (C=O) groups excluding carboxylic acids is 1. The molecular formula is C16H18N2O3S. The maximum absolute atomic E-state index is 12.2. The van der Waals surface area contributed by atoms with Crippen molar-refractivity contribution in [3.05, 3.63) is 40.9 Å². The lowest BCUT2D eigenvalue weighted by molar-refractivity contribution is -0.140. The Hall–Kier alpha value is -2.21. The number of carboxylic acid groups (broad SMARTS) is 1. The van der Waals surface area contributed by atoms with Gasteiger partial charge in [0.25, 0.3) is 5.91 Å². The average molecular weight is 318 g/mol. The van der Waals surface area contributed by atoms with Gasteiger partial charge in [0.05, 0.1) is 0 Å². The summed E-state index contributed by atoms with van der Waals surface area (Å²) in [5.41, 5.74) is 2.30. The van der Waals surface area contributed by atoms with Gasteiger partial charge >= 0.3 is 5.97 Å². The van der Waals surface area contributed by atoms with Crippen molar-refractivity contribution in [2.75, 3.05) is 0 Å².